The average Bonchev–Trinajstić information content (AvgIpc) is 2.18. The summed E-state index contributed by atoms with van der Waals surface area (Å²) in [5.74, 6) is -0.0395. The van der Waals surface area contributed by atoms with Crippen LogP contribution in [0.2, 0.25) is 0 Å². The molecule has 1 aliphatic carbocycles. The first-order valence-electron chi connectivity index (χ1n) is 5.39. The maximum atomic E-state index is 11.7. The molecule has 0 radical (unpaired) electrons. The molecule has 0 fully saturated rings. The summed E-state index contributed by atoms with van der Waals surface area (Å²) in [4.78, 5) is 27.0. The molecule has 4 heteroatoms. The molecule has 0 aliphatic heterocycles. The third-order valence-electron chi connectivity index (χ3n) is 2.66. The molecule has 84 valence electrons. The van der Waals surface area contributed by atoms with Gasteiger partial charge >= 0.3 is 0 Å². The summed E-state index contributed by atoms with van der Waals surface area (Å²) in [5, 5.41) is 2.76. The zero-order chi connectivity index (χ0) is 11.7. The lowest BCUT2D eigenvalue weighted by atomic mass is 9.93. The molecule has 1 amide bonds. The van der Waals surface area contributed by atoms with Crippen molar-refractivity contribution in [2.24, 2.45) is 0 Å². The summed E-state index contributed by atoms with van der Waals surface area (Å²) in [7, 11) is 0. The van der Waals surface area contributed by atoms with Crippen molar-refractivity contribution in [3.05, 3.63) is 23.0 Å². The molecule has 2 rings (SSSR count). The summed E-state index contributed by atoms with van der Waals surface area (Å²) in [5.41, 5.74) is 2.92. The van der Waals surface area contributed by atoms with Crippen molar-refractivity contribution in [1.29, 1.82) is 0 Å². The van der Waals surface area contributed by atoms with Crippen LogP contribution < -0.4 is 5.32 Å². The van der Waals surface area contributed by atoms with E-state index in [0.717, 1.165) is 29.8 Å². The second kappa shape index (κ2) is 4.04. The number of aryl methyl sites for hydroxylation is 1. The van der Waals surface area contributed by atoms with Crippen LogP contribution in [0.3, 0.4) is 0 Å². The molecule has 0 spiro atoms. The fourth-order valence-electron chi connectivity index (χ4n) is 2.03. The first-order valence-corrected chi connectivity index (χ1v) is 5.39. The monoisotopic (exact) mass is 218 g/mol. The van der Waals surface area contributed by atoms with Crippen LogP contribution in [0.5, 0.6) is 0 Å². The van der Waals surface area contributed by atoms with Crippen molar-refractivity contribution in [3.8, 4) is 0 Å². The van der Waals surface area contributed by atoms with E-state index in [1.165, 1.54) is 6.92 Å². The van der Waals surface area contributed by atoms with E-state index in [1.54, 1.807) is 0 Å². The number of carbonyl (C=O) groups is 2. The average molecular weight is 218 g/mol. The van der Waals surface area contributed by atoms with Crippen LogP contribution in [0.1, 0.15) is 41.5 Å². The smallest absolute Gasteiger partial charge is 0.221 e. The summed E-state index contributed by atoms with van der Waals surface area (Å²) < 4.78 is 0. The predicted octanol–water partition coefficient (Wildman–Crippen LogP) is 1.87. The van der Waals surface area contributed by atoms with E-state index in [9.17, 15) is 9.59 Å². The Kier molecular flexibility index (Phi) is 2.73. The molecule has 0 saturated heterocycles. The number of nitrogens with zero attached hydrogens (tertiary/aromatic N) is 1. The molecule has 1 N–H and O–H groups in total. The minimum Gasteiger partial charge on any atom is -0.326 e. The Bertz CT molecular complexity index is 466. The number of amides is 1. The lowest BCUT2D eigenvalue weighted by Crippen LogP contribution is -2.18. The zero-order valence-electron chi connectivity index (χ0n) is 9.46. The molecule has 1 heterocycles. The molecule has 1 aliphatic rings. The molecule has 1 aromatic heterocycles. The van der Waals surface area contributed by atoms with Gasteiger partial charge < -0.3 is 5.32 Å². The van der Waals surface area contributed by atoms with Gasteiger partial charge in [0.15, 0.2) is 5.78 Å². The van der Waals surface area contributed by atoms with E-state index < -0.39 is 0 Å². The summed E-state index contributed by atoms with van der Waals surface area (Å²) in [6, 6.07) is 1.82. The molecule has 0 unspecified atom stereocenters. The quantitative estimate of drug-likeness (QED) is 0.782. The van der Waals surface area contributed by atoms with Gasteiger partial charge in [0.1, 0.15) is 5.69 Å². The van der Waals surface area contributed by atoms with E-state index in [2.05, 4.69) is 10.3 Å². The van der Waals surface area contributed by atoms with E-state index in [-0.39, 0.29) is 11.7 Å². The zero-order valence-corrected chi connectivity index (χ0v) is 9.46. The minimum absolute atomic E-state index is 0.0801. The van der Waals surface area contributed by atoms with Gasteiger partial charge in [0.2, 0.25) is 5.91 Å². The number of Topliss-reactive ketones (excluding diaryl/α,β-unsaturated/α-hetero) is 1. The van der Waals surface area contributed by atoms with Gasteiger partial charge in [-0.15, -0.1) is 0 Å². The first kappa shape index (κ1) is 10.8. The molecule has 0 bridgehead atoms. The molecule has 0 saturated carbocycles. The fraction of sp³-hybridized carbons (Fsp3) is 0.417. The van der Waals surface area contributed by atoms with Gasteiger partial charge in [0, 0.05) is 30.3 Å². The number of carbonyl (C=O) groups excluding carboxylic acids is 2. The molecule has 0 aromatic carbocycles. The molecular formula is C12H14N2O2. The van der Waals surface area contributed by atoms with Crippen LogP contribution in [-0.4, -0.2) is 16.7 Å². The Hall–Kier alpha value is -1.71. The van der Waals surface area contributed by atoms with Crippen molar-refractivity contribution in [3.63, 3.8) is 0 Å². The summed E-state index contributed by atoms with van der Waals surface area (Å²) in [6.07, 6.45) is 2.20. The Labute approximate surface area is 94.1 Å². The van der Waals surface area contributed by atoms with Gasteiger partial charge in [-0.3, -0.25) is 9.59 Å². The third-order valence-corrected chi connectivity index (χ3v) is 2.66. The van der Waals surface area contributed by atoms with Gasteiger partial charge in [0.25, 0.3) is 0 Å². The number of hydrogen-bond donors (Lipinski definition) is 1. The number of hydrogen-bond acceptors (Lipinski definition) is 3. The maximum Gasteiger partial charge on any atom is 0.221 e. The molecule has 16 heavy (non-hydrogen) atoms. The standard InChI is InChI=1S/C12H14N2O2/c1-7-6-10(14-8(2)15)9-4-3-5-11(16)12(9)13-7/h6H,3-5H2,1-2H3,(H,13,14,15). The first-order chi connectivity index (χ1) is 7.58. The topological polar surface area (TPSA) is 59.1 Å². The Morgan fingerprint density at radius 2 is 2.19 bits per heavy atom. The molecule has 4 nitrogen and oxygen atoms in total. The summed E-state index contributed by atoms with van der Waals surface area (Å²) in [6.45, 7) is 3.29. The van der Waals surface area contributed by atoms with Crippen molar-refractivity contribution in [2.45, 2.75) is 33.1 Å². The molecular weight excluding hydrogens is 204 g/mol. The Balaban J connectivity index is 2.52. The maximum absolute atomic E-state index is 11.7. The lowest BCUT2D eigenvalue weighted by molar-refractivity contribution is -0.114. The van der Waals surface area contributed by atoms with Crippen molar-refractivity contribution < 1.29 is 9.59 Å². The Morgan fingerprint density at radius 1 is 1.44 bits per heavy atom. The number of nitrogens with one attached hydrogen (secondary N) is 1. The number of rotatable bonds is 1. The highest BCUT2D eigenvalue weighted by atomic mass is 16.1. The fourth-order valence-corrected chi connectivity index (χ4v) is 2.03. The van der Waals surface area contributed by atoms with Crippen molar-refractivity contribution in [1.82, 2.24) is 4.98 Å². The second-order valence-corrected chi connectivity index (χ2v) is 4.10. The van der Waals surface area contributed by atoms with Crippen LogP contribution in [-0.2, 0) is 11.2 Å². The number of ketones is 1. The highest BCUT2D eigenvalue weighted by Gasteiger charge is 2.22. The second-order valence-electron chi connectivity index (χ2n) is 4.10. The SMILES string of the molecule is CC(=O)Nc1cc(C)nc2c1CCCC2=O. The number of anilines is 1. The number of pyridine rings is 1. The summed E-state index contributed by atoms with van der Waals surface area (Å²) >= 11 is 0. The van der Waals surface area contributed by atoms with Crippen LogP contribution in [0.4, 0.5) is 5.69 Å². The molecule has 0 atom stereocenters. The highest BCUT2D eigenvalue weighted by molar-refractivity contribution is 5.99. The Morgan fingerprint density at radius 3 is 2.88 bits per heavy atom. The van der Waals surface area contributed by atoms with Crippen LogP contribution >= 0.6 is 0 Å². The van der Waals surface area contributed by atoms with Crippen LogP contribution in [0, 0.1) is 6.92 Å². The minimum atomic E-state index is -0.120. The van der Waals surface area contributed by atoms with Crippen molar-refractivity contribution in [2.75, 3.05) is 5.32 Å². The van der Waals surface area contributed by atoms with Crippen LogP contribution in [0.25, 0.3) is 0 Å². The van der Waals surface area contributed by atoms with Gasteiger partial charge in [-0.1, -0.05) is 0 Å². The third kappa shape index (κ3) is 1.96. The molecule has 1 aromatic rings. The van der Waals surface area contributed by atoms with E-state index in [4.69, 9.17) is 0 Å². The van der Waals surface area contributed by atoms with Gasteiger partial charge in [-0.25, -0.2) is 4.98 Å². The highest BCUT2D eigenvalue weighted by Crippen LogP contribution is 2.27. The van der Waals surface area contributed by atoms with E-state index in [1.807, 2.05) is 13.0 Å². The van der Waals surface area contributed by atoms with Gasteiger partial charge in [-0.05, 0) is 25.8 Å². The number of fused-ring (bicyclic) bond motifs is 1. The lowest BCUT2D eigenvalue weighted by Gasteiger charge is -2.18. The van der Waals surface area contributed by atoms with E-state index >= 15 is 0 Å². The predicted molar refractivity (Wildman–Crippen MR) is 60.5 cm³/mol. The van der Waals surface area contributed by atoms with Gasteiger partial charge in [0.05, 0.1) is 0 Å². The number of aromatic nitrogens is 1. The van der Waals surface area contributed by atoms with E-state index in [0.29, 0.717) is 12.1 Å². The largest absolute Gasteiger partial charge is 0.326 e. The van der Waals surface area contributed by atoms with Gasteiger partial charge in [-0.2, -0.15) is 0 Å². The normalized spacial score (nSPS) is 14.5. The van der Waals surface area contributed by atoms with Crippen molar-refractivity contribution >= 4 is 17.4 Å². The van der Waals surface area contributed by atoms with Crippen LogP contribution in [0.15, 0.2) is 6.07 Å².